The Bertz CT molecular complexity index is 501. The Morgan fingerprint density at radius 3 is 2.95 bits per heavy atom. The summed E-state index contributed by atoms with van der Waals surface area (Å²) in [6.07, 6.45) is 3.36. The van der Waals surface area contributed by atoms with Crippen LogP contribution in [0.15, 0.2) is 18.3 Å². The number of hydrogen-bond donors (Lipinski definition) is 2. The van der Waals surface area contributed by atoms with E-state index < -0.39 is 5.97 Å². The highest BCUT2D eigenvalue weighted by Crippen LogP contribution is 2.18. The van der Waals surface area contributed by atoms with E-state index in [0.717, 1.165) is 12.8 Å². The molecular weight excluding hydrogens is 274 g/mol. The SMILES string of the molecule is COCC1CCCN(C(=O)Nc2ccc(C(=O)O)nc2)C1. The summed E-state index contributed by atoms with van der Waals surface area (Å²) in [7, 11) is 1.66. The minimum atomic E-state index is -1.09. The van der Waals surface area contributed by atoms with Crippen LogP contribution in [0.1, 0.15) is 23.3 Å². The fourth-order valence-corrected chi connectivity index (χ4v) is 2.42. The van der Waals surface area contributed by atoms with Crippen molar-refractivity contribution in [1.29, 1.82) is 0 Å². The van der Waals surface area contributed by atoms with E-state index in [1.165, 1.54) is 18.3 Å². The number of aromatic nitrogens is 1. The Labute approximate surface area is 122 Å². The lowest BCUT2D eigenvalue weighted by Crippen LogP contribution is -2.43. The summed E-state index contributed by atoms with van der Waals surface area (Å²) < 4.78 is 5.14. The summed E-state index contributed by atoms with van der Waals surface area (Å²) >= 11 is 0. The summed E-state index contributed by atoms with van der Waals surface area (Å²) in [4.78, 5) is 28.4. The third kappa shape index (κ3) is 4.16. The summed E-state index contributed by atoms with van der Waals surface area (Å²) in [6.45, 7) is 2.03. The van der Waals surface area contributed by atoms with Gasteiger partial charge in [0.05, 0.1) is 18.5 Å². The molecule has 1 aromatic heterocycles. The number of anilines is 1. The Hall–Kier alpha value is -2.15. The van der Waals surface area contributed by atoms with Gasteiger partial charge in [0.1, 0.15) is 5.69 Å². The number of rotatable bonds is 4. The number of piperidine rings is 1. The van der Waals surface area contributed by atoms with Crippen LogP contribution >= 0.6 is 0 Å². The van der Waals surface area contributed by atoms with Crippen molar-refractivity contribution in [2.24, 2.45) is 5.92 Å². The monoisotopic (exact) mass is 293 g/mol. The number of likely N-dealkylation sites (tertiary alicyclic amines) is 1. The van der Waals surface area contributed by atoms with Crippen LogP contribution in [0.5, 0.6) is 0 Å². The van der Waals surface area contributed by atoms with E-state index in [0.29, 0.717) is 31.3 Å². The summed E-state index contributed by atoms with van der Waals surface area (Å²) in [5.41, 5.74) is 0.435. The molecule has 7 heteroatoms. The molecule has 0 aromatic carbocycles. The zero-order valence-electron chi connectivity index (χ0n) is 11.9. The molecule has 21 heavy (non-hydrogen) atoms. The molecule has 0 bridgehead atoms. The first kappa shape index (κ1) is 15.2. The topological polar surface area (TPSA) is 91.8 Å². The molecule has 0 saturated carbocycles. The molecule has 2 N–H and O–H groups in total. The number of nitrogens with zero attached hydrogens (tertiary/aromatic N) is 2. The number of nitrogens with one attached hydrogen (secondary N) is 1. The number of urea groups is 1. The molecule has 1 aromatic rings. The number of pyridine rings is 1. The number of carboxylic acid groups (broad SMARTS) is 1. The highest BCUT2D eigenvalue weighted by Gasteiger charge is 2.23. The van der Waals surface area contributed by atoms with Crippen LogP contribution in [0.2, 0.25) is 0 Å². The minimum absolute atomic E-state index is 0.0499. The van der Waals surface area contributed by atoms with E-state index >= 15 is 0 Å². The van der Waals surface area contributed by atoms with Crippen LogP contribution in [0.3, 0.4) is 0 Å². The van der Waals surface area contributed by atoms with Gasteiger partial charge in [0.2, 0.25) is 0 Å². The number of aromatic carboxylic acids is 1. The maximum atomic E-state index is 12.2. The Kier molecular flexibility index (Phi) is 5.10. The van der Waals surface area contributed by atoms with E-state index in [4.69, 9.17) is 9.84 Å². The maximum Gasteiger partial charge on any atom is 0.354 e. The maximum absolute atomic E-state index is 12.2. The highest BCUT2D eigenvalue weighted by atomic mass is 16.5. The Morgan fingerprint density at radius 1 is 1.52 bits per heavy atom. The normalized spacial score (nSPS) is 18.3. The van der Waals surface area contributed by atoms with Crippen LogP contribution in [-0.2, 0) is 4.74 Å². The lowest BCUT2D eigenvalue weighted by Gasteiger charge is -2.32. The van der Waals surface area contributed by atoms with Gasteiger partial charge >= 0.3 is 12.0 Å². The standard InChI is InChI=1S/C14H19N3O4/c1-21-9-10-3-2-6-17(8-10)14(20)16-11-4-5-12(13(18)19)15-7-11/h4-5,7,10H,2-3,6,8-9H2,1H3,(H,16,20)(H,18,19). The number of carboxylic acids is 1. The molecule has 114 valence electrons. The molecule has 1 saturated heterocycles. The van der Waals surface area contributed by atoms with Gasteiger partial charge in [-0.2, -0.15) is 0 Å². The summed E-state index contributed by atoms with van der Waals surface area (Å²) in [5.74, 6) is -0.728. The molecule has 1 aliphatic heterocycles. The van der Waals surface area contributed by atoms with Crippen molar-refractivity contribution in [3.05, 3.63) is 24.0 Å². The van der Waals surface area contributed by atoms with Gasteiger partial charge in [-0.25, -0.2) is 14.6 Å². The van der Waals surface area contributed by atoms with Crippen LogP contribution in [0, 0.1) is 5.92 Å². The van der Waals surface area contributed by atoms with Crippen LogP contribution in [0.4, 0.5) is 10.5 Å². The van der Waals surface area contributed by atoms with Gasteiger partial charge in [-0.3, -0.25) is 0 Å². The van der Waals surface area contributed by atoms with Crippen molar-refractivity contribution in [2.45, 2.75) is 12.8 Å². The van der Waals surface area contributed by atoms with Crippen molar-refractivity contribution in [1.82, 2.24) is 9.88 Å². The zero-order chi connectivity index (χ0) is 15.2. The molecule has 1 aliphatic rings. The summed E-state index contributed by atoms with van der Waals surface area (Å²) in [5, 5.41) is 11.5. The van der Waals surface area contributed by atoms with Gasteiger partial charge < -0.3 is 20.1 Å². The largest absolute Gasteiger partial charge is 0.477 e. The third-order valence-electron chi connectivity index (χ3n) is 3.44. The van der Waals surface area contributed by atoms with Gasteiger partial charge in [0.15, 0.2) is 0 Å². The van der Waals surface area contributed by atoms with Crippen molar-refractivity contribution in [3.8, 4) is 0 Å². The van der Waals surface area contributed by atoms with E-state index in [9.17, 15) is 9.59 Å². The average molecular weight is 293 g/mol. The van der Waals surface area contributed by atoms with E-state index in [2.05, 4.69) is 10.3 Å². The van der Waals surface area contributed by atoms with Crippen molar-refractivity contribution in [3.63, 3.8) is 0 Å². The molecule has 2 amide bonds. The lowest BCUT2D eigenvalue weighted by atomic mass is 9.99. The van der Waals surface area contributed by atoms with E-state index in [1.54, 1.807) is 12.0 Å². The van der Waals surface area contributed by atoms with Crippen LogP contribution in [-0.4, -0.2) is 53.8 Å². The van der Waals surface area contributed by atoms with Crippen molar-refractivity contribution >= 4 is 17.7 Å². The average Bonchev–Trinajstić information content (AvgIpc) is 2.48. The second-order valence-electron chi connectivity index (χ2n) is 5.08. The molecule has 2 rings (SSSR count). The fraction of sp³-hybridized carbons (Fsp3) is 0.500. The number of hydrogen-bond acceptors (Lipinski definition) is 4. The second-order valence-corrected chi connectivity index (χ2v) is 5.08. The van der Waals surface area contributed by atoms with Gasteiger partial charge in [0, 0.05) is 26.1 Å². The Balaban J connectivity index is 1.92. The first-order valence-electron chi connectivity index (χ1n) is 6.84. The number of methoxy groups -OCH3 is 1. The lowest BCUT2D eigenvalue weighted by molar-refractivity contribution is 0.0690. The smallest absolute Gasteiger partial charge is 0.354 e. The van der Waals surface area contributed by atoms with Gasteiger partial charge in [-0.05, 0) is 25.0 Å². The number of ether oxygens (including phenoxy) is 1. The zero-order valence-corrected chi connectivity index (χ0v) is 11.9. The highest BCUT2D eigenvalue weighted by molar-refractivity contribution is 5.90. The molecule has 0 aliphatic carbocycles. The second kappa shape index (κ2) is 7.03. The first-order valence-corrected chi connectivity index (χ1v) is 6.84. The number of amides is 2. The molecule has 7 nitrogen and oxygen atoms in total. The molecule has 0 radical (unpaired) electrons. The van der Waals surface area contributed by atoms with E-state index in [-0.39, 0.29) is 11.7 Å². The predicted molar refractivity (Wildman–Crippen MR) is 76.4 cm³/mol. The van der Waals surface area contributed by atoms with Crippen molar-refractivity contribution < 1.29 is 19.4 Å². The fourth-order valence-electron chi connectivity index (χ4n) is 2.42. The van der Waals surface area contributed by atoms with Gasteiger partial charge in [-0.1, -0.05) is 0 Å². The molecular formula is C14H19N3O4. The minimum Gasteiger partial charge on any atom is -0.477 e. The summed E-state index contributed by atoms with van der Waals surface area (Å²) in [6, 6.07) is 2.70. The van der Waals surface area contributed by atoms with Gasteiger partial charge in [-0.15, -0.1) is 0 Å². The van der Waals surface area contributed by atoms with Crippen molar-refractivity contribution in [2.75, 3.05) is 32.1 Å². The van der Waals surface area contributed by atoms with Gasteiger partial charge in [0.25, 0.3) is 0 Å². The van der Waals surface area contributed by atoms with Crippen LogP contribution in [0.25, 0.3) is 0 Å². The van der Waals surface area contributed by atoms with E-state index in [1.807, 2.05) is 0 Å². The van der Waals surface area contributed by atoms with Crippen LogP contribution < -0.4 is 5.32 Å². The number of carbonyl (C=O) groups excluding carboxylic acids is 1. The molecule has 1 unspecified atom stereocenters. The molecule has 0 spiro atoms. The molecule has 2 heterocycles. The molecule has 1 atom stereocenters. The number of carbonyl (C=O) groups is 2. The first-order chi connectivity index (χ1) is 10.1. The molecule has 1 fully saturated rings. The predicted octanol–water partition coefficient (Wildman–Crippen LogP) is 1.67. The third-order valence-corrected chi connectivity index (χ3v) is 3.44. The quantitative estimate of drug-likeness (QED) is 0.881. The Morgan fingerprint density at radius 2 is 2.33 bits per heavy atom.